The first-order valence-corrected chi connectivity index (χ1v) is 12.6. The molecule has 3 aromatic carbocycles. The highest BCUT2D eigenvalue weighted by Gasteiger charge is 2.52. The lowest BCUT2D eigenvalue weighted by atomic mass is 9.48. The van der Waals surface area contributed by atoms with Crippen LogP contribution in [-0.2, 0) is 10.2 Å². The molecule has 0 saturated heterocycles. The second-order valence-electron chi connectivity index (χ2n) is 10.8. The number of hydrogen-bond donors (Lipinski definition) is 0. The van der Waals surface area contributed by atoms with E-state index in [-0.39, 0.29) is 18.0 Å². The molecule has 7 rings (SSSR count). The minimum absolute atomic E-state index is 0.222. The molecule has 3 heteroatoms. The van der Waals surface area contributed by atoms with Crippen molar-refractivity contribution in [3.05, 3.63) is 78.4 Å². The third kappa shape index (κ3) is 3.62. The van der Waals surface area contributed by atoms with Crippen LogP contribution in [0.15, 0.2) is 67.3 Å². The fraction of sp³-hybridized carbons (Fsp3) is 0.387. The molecule has 0 spiro atoms. The van der Waals surface area contributed by atoms with Gasteiger partial charge in [-0.2, -0.15) is 0 Å². The molecule has 0 aliphatic heterocycles. The molecule has 0 N–H and O–H groups in total. The average Bonchev–Trinajstić information content (AvgIpc) is 2.85. The van der Waals surface area contributed by atoms with E-state index in [1.54, 1.807) is 6.08 Å². The number of fused-ring (bicyclic) bond motifs is 1. The molecule has 4 aliphatic carbocycles. The Hall–Kier alpha value is -3.07. The number of benzene rings is 3. The lowest BCUT2D eigenvalue weighted by molar-refractivity contribution is -0.00613. The molecule has 4 saturated carbocycles. The first-order valence-electron chi connectivity index (χ1n) is 12.6. The van der Waals surface area contributed by atoms with Gasteiger partial charge in [0.15, 0.2) is 0 Å². The molecule has 3 aromatic rings. The van der Waals surface area contributed by atoms with E-state index in [2.05, 4.69) is 43.0 Å². The molecule has 3 nitrogen and oxygen atoms in total. The molecule has 34 heavy (non-hydrogen) atoms. The van der Waals surface area contributed by atoms with Crippen molar-refractivity contribution in [1.82, 2.24) is 0 Å². The SMILES string of the molecule is C=CCOC(=O)c1ccc2cc(-c3ccc(OC)c(C45CC6CC(CC(C6)C4)C5)c3)ccc2c1. The van der Waals surface area contributed by atoms with Crippen LogP contribution in [0.5, 0.6) is 5.75 Å². The Labute approximate surface area is 201 Å². The van der Waals surface area contributed by atoms with Gasteiger partial charge in [-0.3, -0.25) is 0 Å². The van der Waals surface area contributed by atoms with E-state index in [1.807, 2.05) is 25.3 Å². The number of methoxy groups -OCH3 is 1. The van der Waals surface area contributed by atoms with Crippen molar-refractivity contribution in [2.24, 2.45) is 17.8 Å². The summed E-state index contributed by atoms with van der Waals surface area (Å²) < 4.78 is 11.1. The molecule has 0 aromatic heterocycles. The van der Waals surface area contributed by atoms with Crippen LogP contribution in [-0.4, -0.2) is 19.7 Å². The lowest BCUT2D eigenvalue weighted by Gasteiger charge is -2.57. The summed E-state index contributed by atoms with van der Waals surface area (Å²) in [4.78, 5) is 12.2. The molecular weight excluding hydrogens is 420 g/mol. The van der Waals surface area contributed by atoms with Crippen LogP contribution in [0, 0.1) is 17.8 Å². The summed E-state index contributed by atoms with van der Waals surface area (Å²) in [6.07, 6.45) is 9.86. The molecule has 0 unspecified atom stereocenters. The predicted molar refractivity (Wildman–Crippen MR) is 136 cm³/mol. The number of esters is 1. The first-order chi connectivity index (χ1) is 16.6. The zero-order valence-electron chi connectivity index (χ0n) is 19.9. The molecular formula is C31H32O3. The Kier molecular flexibility index (Phi) is 5.24. The van der Waals surface area contributed by atoms with Crippen LogP contribution in [0.4, 0.5) is 0 Å². The van der Waals surface area contributed by atoms with E-state index in [1.165, 1.54) is 55.2 Å². The number of ether oxygens (including phenoxy) is 2. The van der Waals surface area contributed by atoms with Crippen molar-refractivity contribution in [1.29, 1.82) is 0 Å². The van der Waals surface area contributed by atoms with Gasteiger partial charge in [0.2, 0.25) is 0 Å². The van der Waals surface area contributed by atoms with Crippen molar-refractivity contribution in [3.63, 3.8) is 0 Å². The highest BCUT2D eigenvalue weighted by atomic mass is 16.5. The molecule has 0 amide bonds. The first kappa shape index (κ1) is 21.5. The van der Waals surface area contributed by atoms with Crippen molar-refractivity contribution in [2.45, 2.75) is 43.9 Å². The van der Waals surface area contributed by atoms with Crippen LogP contribution in [0.25, 0.3) is 21.9 Å². The second-order valence-corrected chi connectivity index (χ2v) is 10.8. The van der Waals surface area contributed by atoms with Gasteiger partial charge in [0.25, 0.3) is 0 Å². The smallest absolute Gasteiger partial charge is 0.338 e. The second kappa shape index (κ2) is 8.30. The molecule has 174 valence electrons. The molecule has 4 fully saturated rings. The Bertz CT molecular complexity index is 1240. The predicted octanol–water partition coefficient (Wildman–Crippen LogP) is 7.33. The van der Waals surface area contributed by atoms with Gasteiger partial charge >= 0.3 is 5.97 Å². The quantitative estimate of drug-likeness (QED) is 0.290. The van der Waals surface area contributed by atoms with Gasteiger partial charge in [0.05, 0.1) is 12.7 Å². The average molecular weight is 453 g/mol. The summed E-state index contributed by atoms with van der Waals surface area (Å²) in [5, 5.41) is 2.15. The summed E-state index contributed by atoms with van der Waals surface area (Å²) in [7, 11) is 1.81. The molecule has 0 atom stereocenters. The minimum Gasteiger partial charge on any atom is -0.496 e. The molecule has 4 aliphatic rings. The van der Waals surface area contributed by atoms with Crippen molar-refractivity contribution < 1.29 is 14.3 Å². The maximum atomic E-state index is 12.2. The van der Waals surface area contributed by atoms with Gasteiger partial charge in [-0.25, -0.2) is 4.79 Å². The van der Waals surface area contributed by atoms with Gasteiger partial charge in [0.1, 0.15) is 12.4 Å². The Morgan fingerprint density at radius 1 is 0.912 bits per heavy atom. The zero-order chi connectivity index (χ0) is 23.3. The van der Waals surface area contributed by atoms with E-state index < -0.39 is 0 Å². The third-order valence-corrected chi connectivity index (χ3v) is 8.55. The van der Waals surface area contributed by atoms with E-state index in [9.17, 15) is 4.79 Å². The fourth-order valence-corrected chi connectivity index (χ4v) is 7.51. The molecule has 4 bridgehead atoms. The Morgan fingerprint density at radius 2 is 1.53 bits per heavy atom. The summed E-state index contributed by atoms with van der Waals surface area (Å²) in [5.41, 5.74) is 4.71. The summed E-state index contributed by atoms with van der Waals surface area (Å²) in [5.74, 6) is 3.42. The van der Waals surface area contributed by atoms with Crippen LogP contribution in [0.1, 0.15) is 54.4 Å². The number of rotatable bonds is 6. The minimum atomic E-state index is -0.318. The lowest BCUT2D eigenvalue weighted by Crippen LogP contribution is -2.48. The third-order valence-electron chi connectivity index (χ3n) is 8.55. The molecule has 0 radical (unpaired) electrons. The van der Waals surface area contributed by atoms with E-state index >= 15 is 0 Å². The highest BCUT2D eigenvalue weighted by molar-refractivity contribution is 5.96. The number of carbonyl (C=O) groups excluding carboxylic acids is 1. The fourth-order valence-electron chi connectivity index (χ4n) is 7.51. The van der Waals surface area contributed by atoms with Crippen LogP contribution >= 0.6 is 0 Å². The summed E-state index contributed by atoms with van der Waals surface area (Å²) >= 11 is 0. The standard InChI is InChI=1S/C31H32O3/c1-3-10-34-30(32)27-7-6-23-14-24(4-5-25(23)15-27)26-8-9-29(33-2)28(16-26)31-17-20-11-21(18-31)13-22(12-20)19-31/h3-9,14-16,20-22H,1,10-13,17-19H2,2H3. The monoisotopic (exact) mass is 452 g/mol. The van der Waals surface area contributed by atoms with Crippen molar-refractivity contribution in [3.8, 4) is 16.9 Å². The van der Waals surface area contributed by atoms with E-state index in [0.717, 1.165) is 34.3 Å². The van der Waals surface area contributed by atoms with Gasteiger partial charge in [-0.05, 0) is 114 Å². The van der Waals surface area contributed by atoms with E-state index in [4.69, 9.17) is 9.47 Å². The summed E-state index contributed by atoms with van der Waals surface area (Å²) in [6, 6.07) is 19.0. The Balaban J connectivity index is 1.35. The van der Waals surface area contributed by atoms with Crippen LogP contribution in [0.3, 0.4) is 0 Å². The maximum Gasteiger partial charge on any atom is 0.338 e. The van der Waals surface area contributed by atoms with E-state index in [0.29, 0.717) is 5.56 Å². The topological polar surface area (TPSA) is 35.5 Å². The summed E-state index contributed by atoms with van der Waals surface area (Å²) in [6.45, 7) is 3.82. The van der Waals surface area contributed by atoms with Crippen LogP contribution in [0.2, 0.25) is 0 Å². The van der Waals surface area contributed by atoms with Crippen molar-refractivity contribution in [2.75, 3.05) is 13.7 Å². The highest BCUT2D eigenvalue weighted by Crippen LogP contribution is 2.62. The zero-order valence-corrected chi connectivity index (χ0v) is 19.9. The normalized spacial score (nSPS) is 27.0. The largest absolute Gasteiger partial charge is 0.496 e. The molecule has 0 heterocycles. The van der Waals surface area contributed by atoms with Gasteiger partial charge in [-0.1, -0.05) is 36.9 Å². The number of carbonyl (C=O) groups is 1. The van der Waals surface area contributed by atoms with Gasteiger partial charge < -0.3 is 9.47 Å². The van der Waals surface area contributed by atoms with Gasteiger partial charge in [-0.15, -0.1) is 0 Å². The van der Waals surface area contributed by atoms with Crippen molar-refractivity contribution >= 4 is 16.7 Å². The van der Waals surface area contributed by atoms with Gasteiger partial charge in [0, 0.05) is 5.56 Å². The van der Waals surface area contributed by atoms with Crippen LogP contribution < -0.4 is 4.74 Å². The number of hydrogen-bond acceptors (Lipinski definition) is 3. The maximum absolute atomic E-state index is 12.2. The Morgan fingerprint density at radius 3 is 2.21 bits per heavy atom.